The summed E-state index contributed by atoms with van der Waals surface area (Å²) in [6, 6.07) is 14.2. The van der Waals surface area contributed by atoms with Crippen LogP contribution in [0.2, 0.25) is 0 Å². The lowest BCUT2D eigenvalue weighted by molar-refractivity contribution is 0.394. The first-order chi connectivity index (χ1) is 12.1. The van der Waals surface area contributed by atoms with Gasteiger partial charge in [0.25, 0.3) is 0 Å². The molecule has 0 aliphatic heterocycles. The molecule has 2 rings (SSSR count). The van der Waals surface area contributed by atoms with Crippen LogP contribution in [0.4, 0.5) is 5.69 Å². The van der Waals surface area contributed by atoms with E-state index in [1.54, 1.807) is 14.2 Å². The molecule has 0 aliphatic rings. The summed E-state index contributed by atoms with van der Waals surface area (Å²) in [6.45, 7) is 4.15. The zero-order chi connectivity index (χ0) is 18.2. The molecule has 0 spiro atoms. The minimum Gasteiger partial charge on any atom is -0.496 e. The van der Waals surface area contributed by atoms with E-state index in [4.69, 9.17) is 21.7 Å². The van der Waals surface area contributed by atoms with Crippen molar-refractivity contribution >= 4 is 23.0 Å². The van der Waals surface area contributed by atoms with Crippen molar-refractivity contribution < 1.29 is 9.47 Å². The van der Waals surface area contributed by atoms with E-state index < -0.39 is 0 Å². The third-order valence-corrected chi connectivity index (χ3v) is 4.34. The summed E-state index contributed by atoms with van der Waals surface area (Å²) in [5.41, 5.74) is 3.14. The molecule has 5 heteroatoms. The maximum absolute atomic E-state index is 5.54. The number of para-hydroxylation sites is 1. The largest absolute Gasteiger partial charge is 0.496 e. The number of thiocarbonyl (C=S) groups is 1. The van der Waals surface area contributed by atoms with Gasteiger partial charge in [-0.1, -0.05) is 25.1 Å². The SMILES string of the molecule is CC[C@H](Cc1cc(OC)c(C)cc1OC)NC(=S)Nc1ccccc1. The maximum Gasteiger partial charge on any atom is 0.171 e. The molecule has 4 nitrogen and oxygen atoms in total. The van der Waals surface area contributed by atoms with Crippen molar-refractivity contribution in [2.75, 3.05) is 19.5 Å². The van der Waals surface area contributed by atoms with Crippen molar-refractivity contribution in [3.63, 3.8) is 0 Å². The average molecular weight is 359 g/mol. The highest BCUT2D eigenvalue weighted by molar-refractivity contribution is 7.80. The Hall–Kier alpha value is -2.27. The maximum atomic E-state index is 5.54. The average Bonchev–Trinajstić information content (AvgIpc) is 2.62. The number of anilines is 1. The highest BCUT2D eigenvalue weighted by atomic mass is 32.1. The van der Waals surface area contributed by atoms with Crippen molar-refractivity contribution in [3.8, 4) is 11.5 Å². The number of hydrogen-bond acceptors (Lipinski definition) is 3. The molecule has 0 unspecified atom stereocenters. The van der Waals surface area contributed by atoms with Gasteiger partial charge in [-0.15, -0.1) is 0 Å². The van der Waals surface area contributed by atoms with Gasteiger partial charge >= 0.3 is 0 Å². The Kier molecular flexibility index (Phi) is 7.07. The number of nitrogens with one attached hydrogen (secondary N) is 2. The summed E-state index contributed by atoms with van der Waals surface area (Å²) in [5, 5.41) is 7.23. The van der Waals surface area contributed by atoms with E-state index in [9.17, 15) is 0 Å². The van der Waals surface area contributed by atoms with E-state index in [1.165, 1.54) is 0 Å². The fourth-order valence-electron chi connectivity index (χ4n) is 2.71. The van der Waals surface area contributed by atoms with Crippen LogP contribution in [0.25, 0.3) is 0 Å². The Balaban J connectivity index is 2.07. The molecule has 0 fully saturated rings. The van der Waals surface area contributed by atoms with Gasteiger partial charge in [-0.2, -0.15) is 0 Å². The molecule has 2 N–H and O–H groups in total. The van der Waals surface area contributed by atoms with Gasteiger partial charge in [0.2, 0.25) is 0 Å². The van der Waals surface area contributed by atoms with Gasteiger partial charge in [0.15, 0.2) is 5.11 Å². The molecular weight excluding hydrogens is 332 g/mol. The van der Waals surface area contributed by atoms with Crippen LogP contribution in [0.1, 0.15) is 24.5 Å². The van der Waals surface area contributed by atoms with Crippen LogP contribution in [-0.4, -0.2) is 25.4 Å². The number of ether oxygens (including phenoxy) is 2. The van der Waals surface area contributed by atoms with Crippen molar-refractivity contribution in [2.45, 2.75) is 32.7 Å². The lowest BCUT2D eigenvalue weighted by atomic mass is 10.0. The fraction of sp³-hybridized carbons (Fsp3) is 0.350. The number of aryl methyl sites for hydroxylation is 1. The predicted molar refractivity (Wildman–Crippen MR) is 108 cm³/mol. The lowest BCUT2D eigenvalue weighted by Gasteiger charge is -2.21. The molecule has 0 aliphatic carbocycles. The Morgan fingerprint density at radius 3 is 2.36 bits per heavy atom. The van der Waals surface area contributed by atoms with Crippen molar-refractivity contribution in [3.05, 3.63) is 53.6 Å². The van der Waals surface area contributed by atoms with E-state index >= 15 is 0 Å². The first kappa shape index (κ1) is 19.1. The Morgan fingerprint density at radius 2 is 1.76 bits per heavy atom. The van der Waals surface area contributed by atoms with Crippen molar-refractivity contribution in [2.24, 2.45) is 0 Å². The quantitative estimate of drug-likeness (QED) is 0.722. The zero-order valence-corrected chi connectivity index (χ0v) is 16.1. The molecule has 1 atom stereocenters. The van der Waals surface area contributed by atoms with Gasteiger partial charge in [0, 0.05) is 11.7 Å². The first-order valence-corrected chi connectivity index (χ1v) is 8.82. The minimum absolute atomic E-state index is 0.199. The molecule has 0 bridgehead atoms. The van der Waals surface area contributed by atoms with Gasteiger partial charge in [-0.25, -0.2) is 0 Å². The smallest absolute Gasteiger partial charge is 0.171 e. The normalized spacial score (nSPS) is 11.5. The molecule has 0 saturated heterocycles. The van der Waals surface area contributed by atoms with E-state index in [0.717, 1.165) is 41.2 Å². The van der Waals surface area contributed by atoms with Crippen LogP contribution in [-0.2, 0) is 6.42 Å². The molecule has 2 aromatic rings. The molecule has 0 radical (unpaired) electrons. The third-order valence-electron chi connectivity index (χ3n) is 4.12. The highest BCUT2D eigenvalue weighted by Crippen LogP contribution is 2.29. The monoisotopic (exact) mass is 358 g/mol. The van der Waals surface area contributed by atoms with Gasteiger partial charge in [-0.3, -0.25) is 0 Å². The molecule has 0 heterocycles. The highest BCUT2D eigenvalue weighted by Gasteiger charge is 2.15. The van der Waals surface area contributed by atoms with E-state index in [2.05, 4.69) is 17.6 Å². The van der Waals surface area contributed by atoms with Crippen LogP contribution in [0.15, 0.2) is 42.5 Å². The van der Waals surface area contributed by atoms with E-state index in [0.29, 0.717) is 5.11 Å². The minimum atomic E-state index is 0.199. The fourth-order valence-corrected chi connectivity index (χ4v) is 2.99. The summed E-state index contributed by atoms with van der Waals surface area (Å²) in [7, 11) is 3.38. The van der Waals surface area contributed by atoms with Crippen LogP contribution >= 0.6 is 12.2 Å². The van der Waals surface area contributed by atoms with Gasteiger partial charge in [0.1, 0.15) is 11.5 Å². The second-order valence-corrected chi connectivity index (χ2v) is 6.32. The molecule has 0 aromatic heterocycles. The standard InChI is InChI=1S/C20H26N2O2S/c1-5-16(21-20(25)22-17-9-7-6-8-10-17)12-15-13-18(23-3)14(2)11-19(15)24-4/h6-11,13,16H,5,12H2,1-4H3,(H2,21,22,25)/t16-/m1/s1. The molecule has 134 valence electrons. The third kappa shape index (κ3) is 5.36. The summed E-state index contributed by atoms with van der Waals surface area (Å²) >= 11 is 5.45. The second-order valence-electron chi connectivity index (χ2n) is 5.91. The predicted octanol–water partition coefficient (Wildman–Crippen LogP) is 4.32. The van der Waals surface area contributed by atoms with Crippen LogP contribution in [0, 0.1) is 6.92 Å². The summed E-state index contributed by atoms with van der Waals surface area (Å²) in [5.74, 6) is 1.75. The number of benzene rings is 2. The number of methoxy groups -OCH3 is 2. The number of rotatable bonds is 7. The van der Waals surface area contributed by atoms with Crippen molar-refractivity contribution in [1.82, 2.24) is 5.32 Å². The molecular formula is C20H26N2O2S. The molecule has 25 heavy (non-hydrogen) atoms. The second kappa shape index (κ2) is 9.28. The van der Waals surface area contributed by atoms with Gasteiger partial charge in [0.05, 0.1) is 14.2 Å². The molecule has 0 saturated carbocycles. The zero-order valence-electron chi connectivity index (χ0n) is 15.3. The van der Waals surface area contributed by atoms with Gasteiger partial charge < -0.3 is 20.1 Å². The van der Waals surface area contributed by atoms with Crippen LogP contribution < -0.4 is 20.1 Å². The van der Waals surface area contributed by atoms with Gasteiger partial charge in [-0.05, 0) is 67.4 Å². The number of hydrogen-bond donors (Lipinski definition) is 2. The van der Waals surface area contributed by atoms with Crippen molar-refractivity contribution in [1.29, 1.82) is 0 Å². The molecule has 2 aromatic carbocycles. The Morgan fingerprint density at radius 1 is 1.08 bits per heavy atom. The summed E-state index contributed by atoms with van der Waals surface area (Å²) in [6.07, 6.45) is 1.74. The summed E-state index contributed by atoms with van der Waals surface area (Å²) in [4.78, 5) is 0. The van der Waals surface area contributed by atoms with E-state index in [-0.39, 0.29) is 6.04 Å². The lowest BCUT2D eigenvalue weighted by Crippen LogP contribution is -2.38. The topological polar surface area (TPSA) is 42.5 Å². The molecule has 0 amide bonds. The van der Waals surface area contributed by atoms with Crippen LogP contribution in [0.3, 0.4) is 0 Å². The Labute approximate surface area is 155 Å². The van der Waals surface area contributed by atoms with E-state index in [1.807, 2.05) is 49.4 Å². The first-order valence-electron chi connectivity index (χ1n) is 8.41. The van der Waals surface area contributed by atoms with Crippen LogP contribution in [0.5, 0.6) is 11.5 Å². The Bertz CT molecular complexity index is 704. The summed E-state index contributed by atoms with van der Waals surface area (Å²) < 4.78 is 11.0.